The Labute approximate surface area is 93.6 Å². The number of nitrogens with zero attached hydrogens (tertiary/aromatic N) is 1. The van der Waals surface area contributed by atoms with Crippen LogP contribution >= 0.6 is 0 Å². The van der Waals surface area contributed by atoms with Crippen molar-refractivity contribution in [2.45, 2.75) is 13.0 Å². The Morgan fingerprint density at radius 1 is 1.53 bits per heavy atom. The number of nitro groups is 1. The Morgan fingerprint density at radius 2 is 2.12 bits per heavy atom. The molecule has 92 valence electrons. The number of benzene rings is 1. The summed E-state index contributed by atoms with van der Waals surface area (Å²) in [5.74, 6) is -4.80. The number of carboxylic acids is 1. The van der Waals surface area contributed by atoms with E-state index in [1.807, 2.05) is 0 Å². The molecule has 0 aliphatic heterocycles. The minimum Gasteiger partial charge on any atom is -0.479 e. The first-order valence-electron chi connectivity index (χ1n) is 4.36. The first kappa shape index (κ1) is 12.8. The number of ether oxygens (including phenoxy) is 1. The van der Waals surface area contributed by atoms with Crippen LogP contribution in [0.25, 0.3) is 0 Å². The largest absolute Gasteiger partial charge is 0.479 e. The standard InChI is InChI=1S/C9H7F2NO5/c1-4(9(13)14)17-8-6(11)2-5(10)3-7(8)12(15)16/h2-4H,1H3,(H,13,14)/t4-/m1/s1. The van der Waals surface area contributed by atoms with E-state index in [9.17, 15) is 23.7 Å². The average molecular weight is 247 g/mol. The molecular weight excluding hydrogens is 240 g/mol. The molecular formula is C9H7F2NO5. The van der Waals surface area contributed by atoms with Gasteiger partial charge in [0.25, 0.3) is 0 Å². The highest BCUT2D eigenvalue weighted by Crippen LogP contribution is 2.31. The fourth-order valence-corrected chi connectivity index (χ4v) is 1.03. The topological polar surface area (TPSA) is 89.7 Å². The lowest BCUT2D eigenvalue weighted by atomic mass is 10.2. The second-order valence-corrected chi connectivity index (χ2v) is 3.09. The van der Waals surface area contributed by atoms with Gasteiger partial charge in [0.15, 0.2) is 11.9 Å². The number of hydrogen-bond donors (Lipinski definition) is 1. The van der Waals surface area contributed by atoms with Crippen LogP contribution in [0.4, 0.5) is 14.5 Å². The monoisotopic (exact) mass is 247 g/mol. The summed E-state index contributed by atoms with van der Waals surface area (Å²) < 4.78 is 30.6. The summed E-state index contributed by atoms with van der Waals surface area (Å²) in [6.07, 6.45) is -1.49. The molecule has 17 heavy (non-hydrogen) atoms. The summed E-state index contributed by atoms with van der Waals surface area (Å²) in [5.41, 5.74) is -0.962. The highest BCUT2D eigenvalue weighted by molar-refractivity contribution is 5.72. The van der Waals surface area contributed by atoms with Crippen LogP contribution in [0.2, 0.25) is 0 Å². The molecule has 0 radical (unpaired) electrons. The first-order valence-corrected chi connectivity index (χ1v) is 4.36. The molecule has 8 heteroatoms. The smallest absolute Gasteiger partial charge is 0.344 e. The maximum absolute atomic E-state index is 13.2. The van der Waals surface area contributed by atoms with Crippen molar-refractivity contribution in [3.05, 3.63) is 33.9 Å². The summed E-state index contributed by atoms with van der Waals surface area (Å²) in [4.78, 5) is 19.9. The number of hydrogen-bond acceptors (Lipinski definition) is 4. The summed E-state index contributed by atoms with van der Waals surface area (Å²) in [6.45, 7) is 1.06. The van der Waals surface area contributed by atoms with Gasteiger partial charge in [0, 0.05) is 6.07 Å². The molecule has 0 saturated heterocycles. The molecule has 0 heterocycles. The van der Waals surface area contributed by atoms with E-state index in [0.29, 0.717) is 12.1 Å². The SMILES string of the molecule is C[C@@H](Oc1c(F)cc(F)cc1[N+](=O)[O-])C(=O)O. The fraction of sp³-hybridized carbons (Fsp3) is 0.222. The Bertz CT molecular complexity index is 477. The van der Waals surface area contributed by atoms with Crippen LogP contribution < -0.4 is 4.74 Å². The highest BCUT2D eigenvalue weighted by atomic mass is 19.1. The van der Waals surface area contributed by atoms with Crippen molar-refractivity contribution in [1.29, 1.82) is 0 Å². The quantitative estimate of drug-likeness (QED) is 0.646. The van der Waals surface area contributed by atoms with Crippen LogP contribution in [0.5, 0.6) is 5.75 Å². The van der Waals surface area contributed by atoms with E-state index < -0.39 is 40.1 Å². The van der Waals surface area contributed by atoms with E-state index in [0.717, 1.165) is 6.92 Å². The van der Waals surface area contributed by atoms with Gasteiger partial charge in [-0.15, -0.1) is 0 Å². The molecule has 0 spiro atoms. The molecule has 1 N–H and O–H groups in total. The van der Waals surface area contributed by atoms with Crippen LogP contribution in [0.15, 0.2) is 12.1 Å². The number of nitro benzene ring substituents is 1. The molecule has 6 nitrogen and oxygen atoms in total. The van der Waals surface area contributed by atoms with Gasteiger partial charge >= 0.3 is 11.7 Å². The lowest BCUT2D eigenvalue weighted by Gasteiger charge is -2.11. The third-order valence-corrected chi connectivity index (χ3v) is 1.83. The lowest BCUT2D eigenvalue weighted by Crippen LogP contribution is -2.23. The number of rotatable bonds is 4. The molecule has 0 aliphatic carbocycles. The predicted octanol–water partition coefficient (Wildman–Crippen LogP) is 1.72. The second-order valence-electron chi connectivity index (χ2n) is 3.09. The third-order valence-electron chi connectivity index (χ3n) is 1.83. The molecule has 1 aromatic carbocycles. The summed E-state index contributed by atoms with van der Waals surface area (Å²) in [6, 6.07) is 0.823. The predicted molar refractivity (Wildman–Crippen MR) is 50.7 cm³/mol. The van der Waals surface area contributed by atoms with Crippen molar-refractivity contribution in [2.24, 2.45) is 0 Å². The maximum Gasteiger partial charge on any atom is 0.344 e. The van der Waals surface area contributed by atoms with E-state index in [-0.39, 0.29) is 0 Å². The van der Waals surface area contributed by atoms with Crippen molar-refractivity contribution in [3.8, 4) is 5.75 Å². The van der Waals surface area contributed by atoms with Crippen molar-refractivity contribution in [3.63, 3.8) is 0 Å². The molecule has 1 aromatic rings. The molecule has 0 saturated carbocycles. The van der Waals surface area contributed by atoms with Crippen molar-refractivity contribution < 1.29 is 28.3 Å². The number of carbonyl (C=O) groups is 1. The van der Waals surface area contributed by atoms with Gasteiger partial charge in [0.2, 0.25) is 5.75 Å². The van der Waals surface area contributed by atoms with Gasteiger partial charge < -0.3 is 9.84 Å². The Hall–Kier alpha value is -2.25. The van der Waals surface area contributed by atoms with Crippen molar-refractivity contribution >= 4 is 11.7 Å². The number of aliphatic carboxylic acids is 1. The first-order chi connectivity index (χ1) is 7.82. The second kappa shape index (κ2) is 4.73. The summed E-state index contributed by atoms with van der Waals surface area (Å²) >= 11 is 0. The molecule has 0 fully saturated rings. The van der Waals surface area contributed by atoms with E-state index >= 15 is 0 Å². The lowest BCUT2D eigenvalue weighted by molar-refractivity contribution is -0.386. The van der Waals surface area contributed by atoms with Gasteiger partial charge in [0.1, 0.15) is 5.82 Å². The summed E-state index contributed by atoms with van der Waals surface area (Å²) in [7, 11) is 0. The highest BCUT2D eigenvalue weighted by Gasteiger charge is 2.25. The van der Waals surface area contributed by atoms with Gasteiger partial charge in [-0.1, -0.05) is 0 Å². The van der Waals surface area contributed by atoms with Crippen LogP contribution in [0.3, 0.4) is 0 Å². The average Bonchev–Trinajstić information content (AvgIpc) is 2.20. The minimum atomic E-state index is -1.49. The van der Waals surface area contributed by atoms with E-state index in [1.54, 1.807) is 0 Å². The summed E-state index contributed by atoms with van der Waals surface area (Å²) in [5, 5.41) is 19.0. The van der Waals surface area contributed by atoms with Gasteiger partial charge in [-0.2, -0.15) is 0 Å². The zero-order chi connectivity index (χ0) is 13.2. The Morgan fingerprint density at radius 3 is 2.59 bits per heavy atom. The van der Waals surface area contributed by atoms with Crippen LogP contribution in [0.1, 0.15) is 6.92 Å². The van der Waals surface area contributed by atoms with E-state index in [4.69, 9.17) is 5.11 Å². The van der Waals surface area contributed by atoms with Crippen LogP contribution in [-0.4, -0.2) is 22.1 Å². The molecule has 1 atom stereocenters. The number of carboxylic acid groups (broad SMARTS) is 1. The van der Waals surface area contributed by atoms with Gasteiger partial charge in [-0.25, -0.2) is 13.6 Å². The molecule has 0 aliphatic rings. The molecule has 0 bridgehead atoms. The van der Waals surface area contributed by atoms with E-state index in [1.165, 1.54) is 0 Å². The van der Waals surface area contributed by atoms with E-state index in [2.05, 4.69) is 4.74 Å². The fourth-order valence-electron chi connectivity index (χ4n) is 1.03. The molecule has 0 unspecified atom stereocenters. The van der Waals surface area contributed by atoms with Crippen molar-refractivity contribution in [1.82, 2.24) is 0 Å². The minimum absolute atomic E-state index is 0.372. The third kappa shape index (κ3) is 2.86. The molecule has 0 amide bonds. The Balaban J connectivity index is 3.21. The Kier molecular flexibility index (Phi) is 3.56. The van der Waals surface area contributed by atoms with Gasteiger partial charge in [-0.3, -0.25) is 10.1 Å². The van der Waals surface area contributed by atoms with Crippen molar-refractivity contribution in [2.75, 3.05) is 0 Å². The van der Waals surface area contributed by atoms with Crippen LogP contribution in [0, 0.1) is 21.7 Å². The molecule has 1 rings (SSSR count). The van der Waals surface area contributed by atoms with Gasteiger partial charge in [0.05, 0.1) is 11.0 Å². The maximum atomic E-state index is 13.2. The van der Waals surface area contributed by atoms with Gasteiger partial charge in [-0.05, 0) is 6.92 Å². The number of halogens is 2. The zero-order valence-electron chi connectivity index (χ0n) is 8.52. The zero-order valence-corrected chi connectivity index (χ0v) is 8.52. The molecule has 0 aromatic heterocycles. The normalized spacial score (nSPS) is 11.9. The van der Waals surface area contributed by atoms with Crippen LogP contribution in [-0.2, 0) is 4.79 Å².